The highest BCUT2D eigenvalue weighted by molar-refractivity contribution is 6.33. The van der Waals surface area contributed by atoms with Crippen LogP contribution in [0.2, 0.25) is 5.02 Å². The van der Waals surface area contributed by atoms with E-state index in [1.54, 1.807) is 30.4 Å². The predicted molar refractivity (Wildman–Crippen MR) is 124 cm³/mol. The smallest absolute Gasteiger partial charge is 0.396 e. The van der Waals surface area contributed by atoms with Gasteiger partial charge in [-0.3, -0.25) is 14.8 Å². The number of rotatable bonds is 3. The van der Waals surface area contributed by atoms with E-state index in [9.17, 15) is 27.5 Å². The van der Waals surface area contributed by atoms with Gasteiger partial charge in [-0.1, -0.05) is 17.7 Å². The largest absolute Gasteiger partial charge is 0.416 e. The van der Waals surface area contributed by atoms with Crippen molar-refractivity contribution in [3.05, 3.63) is 68.4 Å². The topological polar surface area (TPSA) is 94.5 Å². The van der Waals surface area contributed by atoms with Crippen molar-refractivity contribution in [2.45, 2.75) is 18.3 Å². The van der Waals surface area contributed by atoms with Crippen LogP contribution in [0.1, 0.15) is 27.4 Å². The fourth-order valence-electron chi connectivity index (χ4n) is 5.15. The van der Waals surface area contributed by atoms with Crippen LogP contribution in [-0.4, -0.2) is 60.0 Å². The number of nitrogens with two attached hydrogens (primary N) is 1. The summed E-state index contributed by atoms with van der Waals surface area (Å²) in [5.74, 6) is -2.95. The van der Waals surface area contributed by atoms with Crippen molar-refractivity contribution in [3.8, 4) is 0 Å². The van der Waals surface area contributed by atoms with Crippen molar-refractivity contribution in [1.82, 2.24) is 9.91 Å². The zero-order chi connectivity index (χ0) is 25.9. The summed E-state index contributed by atoms with van der Waals surface area (Å²) >= 11 is 6.45. The average Bonchev–Trinajstić information content (AvgIpc) is 3.42. The maximum Gasteiger partial charge on any atom is 0.416 e. The Kier molecular flexibility index (Phi) is 6.05. The maximum atomic E-state index is 14.7. The fourth-order valence-corrected chi connectivity index (χ4v) is 5.39. The van der Waals surface area contributed by atoms with Gasteiger partial charge < -0.3 is 15.7 Å². The minimum Gasteiger partial charge on any atom is -0.396 e. The first-order valence-electron chi connectivity index (χ1n) is 11.2. The van der Waals surface area contributed by atoms with Crippen LogP contribution in [-0.2, 0) is 6.18 Å². The lowest BCUT2D eigenvalue weighted by Gasteiger charge is -2.23. The summed E-state index contributed by atoms with van der Waals surface area (Å²) in [6.45, 7) is -0.270. The van der Waals surface area contributed by atoms with Crippen LogP contribution in [0, 0.1) is 17.7 Å². The quantitative estimate of drug-likeness (QED) is 0.601. The number of hydrazone groups is 1. The summed E-state index contributed by atoms with van der Waals surface area (Å²) in [4.78, 5) is 19.4. The first kappa shape index (κ1) is 24.7. The molecule has 0 aliphatic carbocycles. The molecule has 1 fully saturated rings. The van der Waals surface area contributed by atoms with Crippen molar-refractivity contribution in [3.63, 3.8) is 0 Å². The Bertz CT molecular complexity index is 1400. The number of aliphatic hydroxyl groups excluding tert-OH is 1. The Balaban J connectivity index is 1.49. The minimum absolute atomic E-state index is 0.0111. The third kappa shape index (κ3) is 4.04. The molecule has 2 aromatic rings. The van der Waals surface area contributed by atoms with E-state index in [0.29, 0.717) is 16.6 Å². The Morgan fingerprint density at radius 3 is 2.67 bits per heavy atom. The lowest BCUT2D eigenvalue weighted by atomic mass is 9.88. The van der Waals surface area contributed by atoms with E-state index in [1.807, 2.05) is 0 Å². The van der Waals surface area contributed by atoms with Crippen LogP contribution in [0.25, 0.3) is 5.70 Å². The molecular formula is C24H22ClF4N5O2. The lowest BCUT2D eigenvalue weighted by Crippen LogP contribution is -2.45. The van der Waals surface area contributed by atoms with Gasteiger partial charge in [0.25, 0.3) is 5.91 Å². The summed E-state index contributed by atoms with van der Waals surface area (Å²) < 4.78 is 53.6. The Morgan fingerprint density at radius 1 is 1.25 bits per heavy atom. The number of carbonyl (C=O) groups excluding carboxylic acids is 1. The molecule has 3 aliphatic heterocycles. The summed E-state index contributed by atoms with van der Waals surface area (Å²) in [5.41, 5.74) is 6.05. The highest BCUT2D eigenvalue weighted by Gasteiger charge is 2.39. The number of hydrogen-bond donors (Lipinski definition) is 2. The Hall–Kier alpha value is -3.02. The van der Waals surface area contributed by atoms with Crippen LogP contribution in [0.4, 0.5) is 17.6 Å². The molecule has 12 heteroatoms. The lowest BCUT2D eigenvalue weighted by molar-refractivity contribution is -0.137. The number of likely N-dealkylation sites (tertiary alicyclic amines) is 1. The number of benzene rings is 2. The second kappa shape index (κ2) is 8.82. The summed E-state index contributed by atoms with van der Waals surface area (Å²) in [5, 5.41) is 17.2. The first-order chi connectivity index (χ1) is 17.0. The molecule has 7 nitrogen and oxygen atoms in total. The normalized spacial score (nSPS) is 25.2. The number of alkyl halides is 3. The molecule has 3 aliphatic rings. The van der Waals surface area contributed by atoms with Crippen molar-refractivity contribution in [1.29, 1.82) is 0 Å². The molecule has 0 spiro atoms. The molecule has 0 bridgehead atoms. The molecule has 2 aromatic carbocycles. The number of amides is 1. The average molecular weight is 524 g/mol. The summed E-state index contributed by atoms with van der Waals surface area (Å²) in [6.07, 6.45) is -3.53. The third-order valence-corrected chi connectivity index (χ3v) is 7.32. The second-order valence-corrected chi connectivity index (χ2v) is 9.57. The number of hydrogen-bond acceptors (Lipinski definition) is 6. The Morgan fingerprint density at radius 2 is 2.00 bits per heavy atom. The molecule has 2 unspecified atom stereocenters. The minimum atomic E-state index is -4.68. The SMILES string of the molecule is CN1N=CC2C1=c1cc(C(=O)N3C[C@@H](CO)[C@H](c4ccc(C(F)(F)F)cc4F)C3)c(Cl)cc1=NC2N. The van der Waals surface area contributed by atoms with E-state index < -0.39 is 41.5 Å². The summed E-state index contributed by atoms with van der Waals surface area (Å²) in [7, 11) is 1.76. The van der Waals surface area contributed by atoms with Gasteiger partial charge in [0.05, 0.1) is 33.1 Å². The highest BCUT2D eigenvalue weighted by Crippen LogP contribution is 2.37. The van der Waals surface area contributed by atoms with Crippen molar-refractivity contribution in [2.24, 2.45) is 27.7 Å². The number of halogens is 5. The van der Waals surface area contributed by atoms with Crippen molar-refractivity contribution in [2.75, 3.05) is 26.7 Å². The van der Waals surface area contributed by atoms with Gasteiger partial charge in [-0.2, -0.15) is 18.3 Å². The van der Waals surface area contributed by atoms with E-state index in [4.69, 9.17) is 17.3 Å². The van der Waals surface area contributed by atoms with Gasteiger partial charge in [-0.05, 0) is 29.8 Å². The fraction of sp³-hybridized carbons (Fsp3) is 0.375. The monoisotopic (exact) mass is 523 g/mol. The van der Waals surface area contributed by atoms with Gasteiger partial charge in [0.2, 0.25) is 0 Å². The number of aliphatic hydroxyl groups is 1. The molecule has 1 saturated heterocycles. The third-order valence-electron chi connectivity index (χ3n) is 7.00. The van der Waals surface area contributed by atoms with E-state index in [1.165, 1.54) is 4.90 Å². The molecule has 190 valence electrons. The van der Waals surface area contributed by atoms with Crippen molar-refractivity contribution < 1.29 is 27.5 Å². The van der Waals surface area contributed by atoms with E-state index in [-0.39, 0.29) is 41.8 Å². The first-order valence-corrected chi connectivity index (χ1v) is 11.6. The number of nitrogens with zero attached hydrogens (tertiary/aromatic N) is 4. The zero-order valence-electron chi connectivity index (χ0n) is 19.0. The van der Waals surface area contributed by atoms with Crippen LogP contribution in [0.3, 0.4) is 0 Å². The van der Waals surface area contributed by atoms with Crippen molar-refractivity contribution >= 4 is 29.4 Å². The highest BCUT2D eigenvalue weighted by atomic mass is 35.5. The molecule has 4 atom stereocenters. The zero-order valence-corrected chi connectivity index (χ0v) is 19.8. The van der Waals surface area contributed by atoms with Crippen LogP contribution in [0.15, 0.2) is 40.4 Å². The van der Waals surface area contributed by atoms with E-state index >= 15 is 0 Å². The molecule has 0 radical (unpaired) electrons. The number of fused-ring (bicyclic) bond motifs is 2. The van der Waals surface area contributed by atoms with Gasteiger partial charge in [0.1, 0.15) is 12.0 Å². The molecule has 3 N–H and O–H groups in total. The van der Waals surface area contributed by atoms with E-state index in [2.05, 4.69) is 10.1 Å². The standard InChI is InChI=1S/C24H22ClF4N5O2/c1-33-21-15-5-14(18(25)6-20(15)32-22(30)16(21)7-31-33)23(36)34-8-11(10-35)17(9-34)13-3-2-12(4-19(13)26)24(27,28)29/h2-7,11,16-17,22,35H,8-10,30H2,1H3/t11-,16?,17+,22?/m0/s1. The van der Waals surface area contributed by atoms with Gasteiger partial charge in [0.15, 0.2) is 0 Å². The molecule has 3 heterocycles. The van der Waals surface area contributed by atoms with E-state index in [0.717, 1.165) is 17.8 Å². The molecule has 5 rings (SSSR count). The molecule has 0 saturated carbocycles. The summed E-state index contributed by atoms with van der Waals surface area (Å²) in [6, 6.07) is 5.51. The molecule has 1 amide bonds. The van der Waals surface area contributed by atoms with Gasteiger partial charge in [-0.25, -0.2) is 4.39 Å². The van der Waals surface area contributed by atoms with Gasteiger partial charge in [0, 0.05) is 50.0 Å². The number of carbonyl (C=O) groups is 1. The van der Waals surface area contributed by atoms with Gasteiger partial charge >= 0.3 is 6.18 Å². The van der Waals surface area contributed by atoms with Crippen LogP contribution < -0.4 is 16.3 Å². The Labute approximate surface area is 208 Å². The predicted octanol–water partition coefficient (Wildman–Crippen LogP) is 1.92. The van der Waals surface area contributed by atoms with Gasteiger partial charge in [-0.15, -0.1) is 0 Å². The molecule has 0 aromatic heterocycles. The second-order valence-electron chi connectivity index (χ2n) is 9.16. The molecular weight excluding hydrogens is 502 g/mol. The van der Waals surface area contributed by atoms with Crippen LogP contribution >= 0.6 is 11.6 Å². The van der Waals surface area contributed by atoms with Crippen LogP contribution in [0.5, 0.6) is 0 Å². The molecule has 36 heavy (non-hydrogen) atoms. The maximum absolute atomic E-state index is 14.7.